The molecule has 5 heteroatoms. The van der Waals surface area contributed by atoms with Gasteiger partial charge in [0.15, 0.2) is 8.32 Å². The summed E-state index contributed by atoms with van der Waals surface area (Å²) >= 11 is 0. The summed E-state index contributed by atoms with van der Waals surface area (Å²) in [6.07, 6.45) is 1.05. The first-order chi connectivity index (χ1) is 9.04. The van der Waals surface area contributed by atoms with Crippen LogP contribution in [0.1, 0.15) is 40.0 Å². The molecule has 0 saturated heterocycles. The fourth-order valence-electron chi connectivity index (χ4n) is 2.00. The number of hydrogen-bond donors (Lipinski definition) is 2. The Morgan fingerprint density at radius 3 is 2.20 bits per heavy atom. The molecule has 0 aliphatic heterocycles. The Bertz CT molecular complexity index is 366. The number of ketones is 1. The fraction of sp³-hybridized carbons (Fsp3) is 0.800. The van der Waals surface area contributed by atoms with E-state index >= 15 is 0 Å². The summed E-state index contributed by atoms with van der Waals surface area (Å²) < 4.78 is 6.04. The Hall–Kier alpha value is -0.493. The Morgan fingerprint density at radius 1 is 1.25 bits per heavy atom. The van der Waals surface area contributed by atoms with Crippen LogP contribution in [0.5, 0.6) is 0 Å². The molecule has 2 atom stereocenters. The molecule has 20 heavy (non-hydrogen) atoms. The third kappa shape index (κ3) is 4.51. The summed E-state index contributed by atoms with van der Waals surface area (Å²) in [5, 5.41) is 19.8. The topological polar surface area (TPSA) is 66.8 Å². The summed E-state index contributed by atoms with van der Waals surface area (Å²) in [5.74, 6) is -0.0836. The van der Waals surface area contributed by atoms with Crippen LogP contribution in [0.3, 0.4) is 0 Å². The molecule has 116 valence electrons. The van der Waals surface area contributed by atoms with Crippen molar-refractivity contribution in [1.29, 1.82) is 0 Å². The monoisotopic (exact) mass is 300 g/mol. The Labute approximate surface area is 123 Å². The number of hydrogen-bond acceptors (Lipinski definition) is 4. The molecular weight excluding hydrogens is 272 g/mol. The Morgan fingerprint density at radius 2 is 1.75 bits per heavy atom. The number of rotatable bonds is 4. The van der Waals surface area contributed by atoms with Gasteiger partial charge >= 0.3 is 0 Å². The second-order valence-corrected chi connectivity index (χ2v) is 11.9. The van der Waals surface area contributed by atoms with Gasteiger partial charge in [-0.2, -0.15) is 0 Å². The largest absolute Gasteiger partial charge is 0.417 e. The van der Waals surface area contributed by atoms with E-state index in [2.05, 4.69) is 33.9 Å². The zero-order valence-corrected chi connectivity index (χ0v) is 14.3. The third-order valence-electron chi connectivity index (χ3n) is 4.38. The molecule has 0 spiro atoms. The van der Waals surface area contributed by atoms with Crippen LogP contribution in [0.15, 0.2) is 11.6 Å². The van der Waals surface area contributed by atoms with Crippen molar-refractivity contribution in [3.8, 4) is 0 Å². The number of carbonyl (C=O) groups is 1. The average Bonchev–Trinajstić information content (AvgIpc) is 2.24. The van der Waals surface area contributed by atoms with Crippen molar-refractivity contribution in [2.75, 3.05) is 6.61 Å². The second kappa shape index (κ2) is 6.51. The average molecular weight is 300 g/mol. The van der Waals surface area contributed by atoms with E-state index in [0.717, 1.165) is 0 Å². The SMILES string of the molecule is CC(C)(C)[Si](C)(C)OCCC=C1[C@H](O)CC(=O)C[C@H]1O. The molecule has 0 aromatic heterocycles. The molecule has 1 rings (SSSR count). The highest BCUT2D eigenvalue weighted by Crippen LogP contribution is 2.36. The molecule has 1 fully saturated rings. The van der Waals surface area contributed by atoms with Gasteiger partial charge in [-0.25, -0.2) is 0 Å². The first-order valence-corrected chi connectivity index (χ1v) is 10.2. The quantitative estimate of drug-likeness (QED) is 0.475. The van der Waals surface area contributed by atoms with Crippen LogP contribution < -0.4 is 0 Å². The van der Waals surface area contributed by atoms with Crippen molar-refractivity contribution in [1.82, 2.24) is 0 Å². The van der Waals surface area contributed by atoms with E-state index in [-0.39, 0.29) is 23.7 Å². The zero-order valence-electron chi connectivity index (χ0n) is 13.3. The van der Waals surface area contributed by atoms with Crippen molar-refractivity contribution in [2.45, 2.75) is 70.4 Å². The molecule has 1 aliphatic rings. The number of aliphatic hydroxyl groups is 2. The standard InChI is InChI=1S/C15H28O4Si/c1-15(2,3)20(4,5)19-8-6-7-12-13(17)9-11(16)10-14(12)18/h7,13-14,17-18H,6,8-10H2,1-5H3/t13-,14-/m1/s1. The Balaban J connectivity index is 2.51. The molecule has 2 N–H and O–H groups in total. The molecular formula is C15H28O4Si. The molecule has 1 aliphatic carbocycles. The molecule has 0 amide bonds. The maximum atomic E-state index is 11.2. The van der Waals surface area contributed by atoms with Gasteiger partial charge in [-0.1, -0.05) is 26.8 Å². The highest BCUT2D eigenvalue weighted by atomic mass is 28.4. The van der Waals surface area contributed by atoms with Crippen LogP contribution >= 0.6 is 0 Å². The minimum atomic E-state index is -1.74. The minimum absolute atomic E-state index is 0.0836. The van der Waals surface area contributed by atoms with E-state index in [4.69, 9.17) is 4.43 Å². The van der Waals surface area contributed by atoms with Crippen LogP contribution in [0.25, 0.3) is 0 Å². The molecule has 4 nitrogen and oxygen atoms in total. The smallest absolute Gasteiger partial charge is 0.191 e. The van der Waals surface area contributed by atoms with E-state index in [0.29, 0.717) is 18.6 Å². The van der Waals surface area contributed by atoms with Gasteiger partial charge in [0, 0.05) is 19.4 Å². The van der Waals surface area contributed by atoms with Crippen molar-refractivity contribution < 1.29 is 19.4 Å². The summed E-state index contributed by atoms with van der Waals surface area (Å²) in [6.45, 7) is 11.6. The summed E-state index contributed by atoms with van der Waals surface area (Å²) in [4.78, 5) is 11.2. The van der Waals surface area contributed by atoms with E-state index in [9.17, 15) is 15.0 Å². The zero-order chi connectivity index (χ0) is 15.6. The normalized spacial score (nSPS) is 24.9. The van der Waals surface area contributed by atoms with E-state index in [1.165, 1.54) is 0 Å². The molecule has 0 aromatic carbocycles. The number of carbonyl (C=O) groups excluding carboxylic acids is 1. The lowest BCUT2D eigenvalue weighted by Crippen LogP contribution is -2.41. The predicted molar refractivity (Wildman–Crippen MR) is 82.1 cm³/mol. The van der Waals surface area contributed by atoms with Crippen molar-refractivity contribution in [3.05, 3.63) is 11.6 Å². The molecule has 0 radical (unpaired) electrons. The third-order valence-corrected chi connectivity index (χ3v) is 8.92. The summed E-state index contributed by atoms with van der Waals surface area (Å²) in [6, 6.07) is 0. The van der Waals surface area contributed by atoms with Gasteiger partial charge in [-0.15, -0.1) is 0 Å². The summed E-state index contributed by atoms with van der Waals surface area (Å²) in [7, 11) is -1.74. The van der Waals surface area contributed by atoms with Crippen LogP contribution in [0, 0.1) is 0 Å². The van der Waals surface area contributed by atoms with Crippen molar-refractivity contribution >= 4 is 14.1 Å². The van der Waals surface area contributed by atoms with Gasteiger partial charge in [0.1, 0.15) is 5.78 Å². The maximum absolute atomic E-state index is 11.2. The highest BCUT2D eigenvalue weighted by molar-refractivity contribution is 6.74. The maximum Gasteiger partial charge on any atom is 0.191 e. The van der Waals surface area contributed by atoms with Crippen molar-refractivity contribution in [2.24, 2.45) is 0 Å². The van der Waals surface area contributed by atoms with Gasteiger partial charge in [-0.05, 0) is 30.1 Å². The molecule has 1 saturated carbocycles. The molecule has 0 unspecified atom stereocenters. The summed E-state index contributed by atoms with van der Waals surface area (Å²) in [5.41, 5.74) is 0.573. The van der Waals surface area contributed by atoms with E-state index in [1.807, 2.05) is 6.08 Å². The lowest BCUT2D eigenvalue weighted by molar-refractivity contribution is -0.124. The van der Waals surface area contributed by atoms with Gasteiger partial charge in [0.25, 0.3) is 0 Å². The first-order valence-electron chi connectivity index (χ1n) is 7.26. The lowest BCUT2D eigenvalue weighted by atomic mass is 9.88. The second-order valence-electron chi connectivity index (χ2n) is 7.08. The first kappa shape index (κ1) is 17.6. The fourth-order valence-corrected chi connectivity index (χ4v) is 3.06. The van der Waals surface area contributed by atoms with Gasteiger partial charge in [-0.3, -0.25) is 4.79 Å². The van der Waals surface area contributed by atoms with Crippen LogP contribution in [-0.4, -0.2) is 43.1 Å². The molecule has 0 heterocycles. The van der Waals surface area contributed by atoms with Crippen LogP contribution in [0.4, 0.5) is 0 Å². The number of aliphatic hydroxyl groups excluding tert-OH is 2. The number of Topliss-reactive ketones (excluding diaryl/α,β-unsaturated/α-hetero) is 1. The van der Waals surface area contributed by atoms with E-state index in [1.54, 1.807) is 0 Å². The van der Waals surface area contributed by atoms with Gasteiger partial charge < -0.3 is 14.6 Å². The highest BCUT2D eigenvalue weighted by Gasteiger charge is 2.36. The van der Waals surface area contributed by atoms with Crippen LogP contribution in [0.2, 0.25) is 18.1 Å². The lowest BCUT2D eigenvalue weighted by Gasteiger charge is -2.36. The molecule has 0 bridgehead atoms. The van der Waals surface area contributed by atoms with Gasteiger partial charge in [0.05, 0.1) is 12.2 Å². The minimum Gasteiger partial charge on any atom is -0.417 e. The van der Waals surface area contributed by atoms with E-state index < -0.39 is 20.5 Å². The molecule has 0 aromatic rings. The van der Waals surface area contributed by atoms with Gasteiger partial charge in [0.2, 0.25) is 0 Å². The Kier molecular flexibility index (Phi) is 5.72. The predicted octanol–water partition coefficient (Wildman–Crippen LogP) is 2.41. The van der Waals surface area contributed by atoms with Crippen LogP contribution in [-0.2, 0) is 9.22 Å². The van der Waals surface area contributed by atoms with Crippen molar-refractivity contribution in [3.63, 3.8) is 0 Å².